The Kier molecular flexibility index (Phi) is 3.16. The third-order valence-corrected chi connectivity index (χ3v) is 4.81. The smallest absolute Gasteiger partial charge is 0.162 e. The number of benzene rings is 1. The first-order chi connectivity index (χ1) is 8.75. The van der Waals surface area contributed by atoms with Crippen molar-refractivity contribution >= 4 is 17.5 Å². The first-order valence-corrected chi connectivity index (χ1v) is 7.28. The van der Waals surface area contributed by atoms with Gasteiger partial charge in [0.2, 0.25) is 0 Å². The van der Waals surface area contributed by atoms with E-state index in [0.29, 0.717) is 12.2 Å². The summed E-state index contributed by atoms with van der Waals surface area (Å²) in [5.74, 6) is 1.45. The molecule has 1 aromatic carbocycles. The zero-order valence-corrected chi connectivity index (χ0v) is 11.2. The van der Waals surface area contributed by atoms with Crippen LogP contribution in [0.5, 0.6) is 0 Å². The number of Topliss-reactive ketones (excluding diaryl/α,β-unsaturated/α-hetero) is 1. The Labute approximate surface area is 111 Å². The fourth-order valence-corrected chi connectivity index (χ4v) is 3.69. The molecule has 3 heteroatoms. The van der Waals surface area contributed by atoms with Gasteiger partial charge in [0.1, 0.15) is 5.76 Å². The van der Waals surface area contributed by atoms with Crippen LogP contribution in [0.1, 0.15) is 26.2 Å². The van der Waals surface area contributed by atoms with E-state index < -0.39 is 0 Å². The molecule has 0 radical (unpaired) electrons. The molecule has 0 aromatic heterocycles. The van der Waals surface area contributed by atoms with Gasteiger partial charge in [0.15, 0.2) is 11.2 Å². The highest BCUT2D eigenvalue weighted by Crippen LogP contribution is 2.44. The van der Waals surface area contributed by atoms with Gasteiger partial charge in [-0.3, -0.25) is 4.79 Å². The van der Waals surface area contributed by atoms with Gasteiger partial charge < -0.3 is 4.74 Å². The number of ether oxygens (including phenoxy) is 1. The molecule has 18 heavy (non-hydrogen) atoms. The molecule has 0 bridgehead atoms. The number of hydrogen-bond acceptors (Lipinski definition) is 3. The normalized spacial score (nSPS) is 27.1. The van der Waals surface area contributed by atoms with Crippen molar-refractivity contribution < 1.29 is 9.53 Å². The maximum atomic E-state index is 11.9. The number of ketones is 1. The van der Waals surface area contributed by atoms with E-state index in [2.05, 4.69) is 19.1 Å². The van der Waals surface area contributed by atoms with E-state index in [0.717, 1.165) is 24.2 Å². The number of rotatable bonds is 2. The van der Waals surface area contributed by atoms with E-state index in [-0.39, 0.29) is 11.4 Å². The minimum Gasteiger partial charge on any atom is -0.483 e. The Morgan fingerprint density at radius 2 is 2.00 bits per heavy atom. The molecule has 0 saturated heterocycles. The molecular formula is C15H16O2S. The van der Waals surface area contributed by atoms with Crippen molar-refractivity contribution in [1.29, 1.82) is 0 Å². The highest BCUT2D eigenvalue weighted by atomic mass is 32.2. The molecule has 0 amide bonds. The van der Waals surface area contributed by atoms with Crippen LogP contribution in [-0.4, -0.2) is 11.2 Å². The van der Waals surface area contributed by atoms with Gasteiger partial charge in [-0.15, -0.1) is 0 Å². The van der Waals surface area contributed by atoms with Crippen LogP contribution in [0, 0.1) is 5.92 Å². The van der Waals surface area contributed by atoms with Crippen molar-refractivity contribution in [1.82, 2.24) is 0 Å². The maximum absolute atomic E-state index is 11.9. The molecule has 3 rings (SSSR count). The molecule has 0 fully saturated rings. The molecule has 0 unspecified atom stereocenters. The van der Waals surface area contributed by atoms with Crippen molar-refractivity contribution in [3.05, 3.63) is 41.7 Å². The molecule has 1 aliphatic carbocycles. The topological polar surface area (TPSA) is 26.3 Å². The van der Waals surface area contributed by atoms with Gasteiger partial charge in [-0.1, -0.05) is 36.9 Å². The summed E-state index contributed by atoms with van der Waals surface area (Å²) < 4.78 is 5.97. The molecule has 0 N–H and O–H groups in total. The highest BCUT2D eigenvalue weighted by Gasteiger charge is 2.39. The first-order valence-electron chi connectivity index (χ1n) is 6.40. The second-order valence-corrected chi connectivity index (χ2v) is 5.99. The van der Waals surface area contributed by atoms with Gasteiger partial charge in [0.25, 0.3) is 0 Å². The minimum atomic E-state index is 0.0550. The maximum Gasteiger partial charge on any atom is 0.162 e. The number of allylic oxidation sites excluding steroid dienone is 1. The summed E-state index contributed by atoms with van der Waals surface area (Å²) in [5, 5.41) is 0. The fraction of sp³-hybridized carbons (Fsp3) is 0.400. The molecule has 1 aliphatic heterocycles. The molecule has 1 aromatic rings. The SMILES string of the molecule is C[C@@H]1C2=C(CCCC2=O)O[C@H]1Sc1ccccc1. The lowest BCUT2D eigenvalue weighted by atomic mass is 9.90. The van der Waals surface area contributed by atoms with Crippen molar-refractivity contribution in [3.8, 4) is 0 Å². The van der Waals surface area contributed by atoms with Crippen LogP contribution in [0.2, 0.25) is 0 Å². The zero-order chi connectivity index (χ0) is 12.5. The van der Waals surface area contributed by atoms with Crippen molar-refractivity contribution in [2.75, 3.05) is 0 Å². The third-order valence-electron chi connectivity index (χ3n) is 3.53. The third kappa shape index (κ3) is 2.07. The van der Waals surface area contributed by atoms with Gasteiger partial charge in [0, 0.05) is 29.2 Å². The summed E-state index contributed by atoms with van der Waals surface area (Å²) in [7, 11) is 0. The Hall–Kier alpha value is -1.22. The van der Waals surface area contributed by atoms with Gasteiger partial charge in [-0.05, 0) is 18.6 Å². The van der Waals surface area contributed by atoms with Crippen LogP contribution >= 0.6 is 11.8 Å². The number of thioether (sulfide) groups is 1. The lowest BCUT2D eigenvalue weighted by Crippen LogP contribution is -2.16. The van der Waals surface area contributed by atoms with E-state index in [1.165, 1.54) is 4.90 Å². The summed E-state index contributed by atoms with van der Waals surface area (Å²) in [6, 6.07) is 10.2. The predicted octanol–water partition coefficient (Wildman–Crippen LogP) is 3.78. The summed E-state index contributed by atoms with van der Waals surface area (Å²) in [6.45, 7) is 2.10. The lowest BCUT2D eigenvalue weighted by molar-refractivity contribution is -0.116. The molecule has 2 aliphatic rings. The van der Waals surface area contributed by atoms with E-state index in [1.807, 2.05) is 18.2 Å². The molecule has 94 valence electrons. The van der Waals surface area contributed by atoms with Crippen LogP contribution in [0.4, 0.5) is 0 Å². The van der Waals surface area contributed by atoms with Gasteiger partial charge in [-0.25, -0.2) is 0 Å². The van der Waals surface area contributed by atoms with Crippen LogP contribution in [0.25, 0.3) is 0 Å². The van der Waals surface area contributed by atoms with Gasteiger partial charge >= 0.3 is 0 Å². The van der Waals surface area contributed by atoms with Gasteiger partial charge in [-0.2, -0.15) is 0 Å². The first kappa shape index (κ1) is 11.8. The van der Waals surface area contributed by atoms with Crippen molar-refractivity contribution in [2.45, 2.75) is 36.5 Å². The Bertz CT molecular complexity index is 492. The standard InChI is InChI=1S/C15H16O2S/c1-10-14-12(16)8-5-9-13(14)17-15(10)18-11-6-3-2-4-7-11/h2-4,6-7,10,15H,5,8-9H2,1H3/t10-,15+/m1/s1. The average Bonchev–Trinajstić information content (AvgIpc) is 2.69. The van der Waals surface area contributed by atoms with E-state index in [4.69, 9.17) is 4.74 Å². The number of hydrogen-bond donors (Lipinski definition) is 0. The van der Waals surface area contributed by atoms with E-state index >= 15 is 0 Å². The quantitative estimate of drug-likeness (QED) is 0.809. The molecule has 0 spiro atoms. The Morgan fingerprint density at radius 1 is 1.22 bits per heavy atom. The van der Waals surface area contributed by atoms with Crippen LogP contribution < -0.4 is 0 Å². The predicted molar refractivity (Wildman–Crippen MR) is 72.2 cm³/mol. The average molecular weight is 260 g/mol. The minimum absolute atomic E-state index is 0.0550. The second kappa shape index (κ2) is 4.81. The van der Waals surface area contributed by atoms with Crippen LogP contribution in [0.3, 0.4) is 0 Å². The number of carbonyl (C=O) groups excluding carboxylic acids is 1. The summed E-state index contributed by atoms with van der Waals surface area (Å²) >= 11 is 1.71. The zero-order valence-electron chi connectivity index (χ0n) is 10.4. The Balaban J connectivity index is 1.77. The summed E-state index contributed by atoms with van der Waals surface area (Å²) in [6.07, 6.45) is 2.56. The van der Waals surface area contributed by atoms with Crippen molar-refractivity contribution in [3.63, 3.8) is 0 Å². The van der Waals surface area contributed by atoms with E-state index in [1.54, 1.807) is 11.8 Å². The highest BCUT2D eigenvalue weighted by molar-refractivity contribution is 7.99. The molecule has 2 atom stereocenters. The monoisotopic (exact) mass is 260 g/mol. The largest absolute Gasteiger partial charge is 0.483 e. The molecule has 1 heterocycles. The molecular weight excluding hydrogens is 244 g/mol. The molecule has 0 saturated carbocycles. The van der Waals surface area contributed by atoms with Crippen LogP contribution in [-0.2, 0) is 9.53 Å². The van der Waals surface area contributed by atoms with Crippen molar-refractivity contribution in [2.24, 2.45) is 5.92 Å². The Morgan fingerprint density at radius 3 is 2.72 bits per heavy atom. The molecule has 2 nitrogen and oxygen atoms in total. The van der Waals surface area contributed by atoms with Gasteiger partial charge in [0.05, 0.1) is 0 Å². The number of carbonyl (C=O) groups is 1. The second-order valence-electron chi connectivity index (χ2n) is 4.82. The van der Waals surface area contributed by atoms with Crippen LogP contribution in [0.15, 0.2) is 46.6 Å². The lowest BCUT2D eigenvalue weighted by Gasteiger charge is -2.16. The summed E-state index contributed by atoms with van der Waals surface area (Å²) in [4.78, 5) is 13.1. The summed E-state index contributed by atoms with van der Waals surface area (Å²) in [5.41, 5.74) is 1.01. The van der Waals surface area contributed by atoms with E-state index in [9.17, 15) is 4.79 Å². The fourth-order valence-electron chi connectivity index (χ4n) is 2.60.